The van der Waals surface area contributed by atoms with Gasteiger partial charge in [0.2, 0.25) is 0 Å². The minimum atomic E-state index is 0.524. The quantitative estimate of drug-likeness (QED) is 0.619. The van der Waals surface area contributed by atoms with Gasteiger partial charge in [-0.15, -0.1) is 0 Å². The van der Waals surface area contributed by atoms with Crippen molar-refractivity contribution in [2.45, 2.75) is 0 Å². The number of hydrogen-bond acceptors (Lipinski definition) is 0. The van der Waals surface area contributed by atoms with E-state index in [1.165, 1.54) is 0 Å². The second-order valence-electron chi connectivity index (χ2n) is 3.00. The summed E-state index contributed by atoms with van der Waals surface area (Å²) in [4.78, 5) is 0. The number of hydrogen-bond donors (Lipinski definition) is 0. The Morgan fingerprint density at radius 2 is 1.07 bits per heavy atom. The normalized spacial score (nSPS) is 12.6. The number of benzene rings is 2. The molecular formula is C14H12. The van der Waals surface area contributed by atoms with E-state index in [0.717, 1.165) is 11.1 Å². The van der Waals surface area contributed by atoms with Gasteiger partial charge >= 0.3 is 0 Å². The Morgan fingerprint density at radius 3 is 1.43 bits per heavy atom. The molecule has 0 aliphatic rings. The summed E-state index contributed by atoms with van der Waals surface area (Å²) >= 11 is 0. The lowest BCUT2D eigenvalue weighted by Crippen LogP contribution is -1.70. The fourth-order valence-corrected chi connectivity index (χ4v) is 1.21. The van der Waals surface area contributed by atoms with E-state index >= 15 is 0 Å². The standard InChI is InChI=1S/C14H12/c1-3-7-13(8-4-1)11-12-14-9-5-2-6-10-14/h1-12H/b12-11+/i1D,2D. The maximum atomic E-state index is 7.37. The van der Waals surface area contributed by atoms with Crippen LogP contribution in [0.1, 0.15) is 13.9 Å². The van der Waals surface area contributed by atoms with Crippen molar-refractivity contribution in [3.63, 3.8) is 0 Å². The zero-order valence-electron chi connectivity index (χ0n) is 9.77. The van der Waals surface area contributed by atoms with Gasteiger partial charge in [0.1, 0.15) is 0 Å². The molecule has 0 unspecified atom stereocenters. The highest BCUT2D eigenvalue weighted by molar-refractivity contribution is 5.69. The summed E-state index contributed by atoms with van der Waals surface area (Å²) in [7, 11) is 0. The molecule has 0 heterocycles. The Bertz CT molecular complexity index is 434. The van der Waals surface area contributed by atoms with Crippen LogP contribution in [-0.4, -0.2) is 0 Å². The predicted molar refractivity (Wildman–Crippen MR) is 61.8 cm³/mol. The van der Waals surface area contributed by atoms with Crippen LogP contribution in [0.4, 0.5) is 0 Å². The molecule has 2 rings (SSSR count). The molecule has 0 radical (unpaired) electrons. The van der Waals surface area contributed by atoms with Gasteiger partial charge in [-0.2, -0.15) is 0 Å². The second kappa shape index (κ2) is 4.43. The van der Waals surface area contributed by atoms with Crippen molar-refractivity contribution in [1.82, 2.24) is 0 Å². The van der Waals surface area contributed by atoms with Crippen LogP contribution >= 0.6 is 0 Å². The molecule has 0 aromatic heterocycles. The van der Waals surface area contributed by atoms with Gasteiger partial charge in [0.15, 0.2) is 0 Å². The molecule has 0 spiro atoms. The zero-order valence-corrected chi connectivity index (χ0v) is 7.77. The highest BCUT2D eigenvalue weighted by Crippen LogP contribution is 2.06. The summed E-state index contributed by atoms with van der Waals surface area (Å²) in [5, 5.41) is 0. The largest absolute Gasteiger partial charge is 0.0623 e. The molecular weight excluding hydrogens is 168 g/mol. The van der Waals surface area contributed by atoms with E-state index in [0.29, 0.717) is 12.1 Å². The van der Waals surface area contributed by atoms with Crippen molar-refractivity contribution in [3.05, 3.63) is 71.7 Å². The molecule has 2 aromatic rings. The minimum absolute atomic E-state index is 0.524. The van der Waals surface area contributed by atoms with E-state index in [9.17, 15) is 0 Å². The predicted octanol–water partition coefficient (Wildman–Crippen LogP) is 3.86. The Labute approximate surface area is 87.3 Å². The van der Waals surface area contributed by atoms with Crippen LogP contribution in [0, 0.1) is 0 Å². The van der Waals surface area contributed by atoms with E-state index < -0.39 is 0 Å². The zero-order chi connectivity index (χ0) is 11.4. The highest BCUT2D eigenvalue weighted by atomic mass is 13.9. The summed E-state index contributed by atoms with van der Waals surface area (Å²) in [6.07, 6.45) is 4.00. The first-order valence-corrected chi connectivity index (χ1v) is 4.55. The van der Waals surface area contributed by atoms with Gasteiger partial charge < -0.3 is 0 Å². The molecule has 0 bridgehead atoms. The molecule has 0 aliphatic carbocycles. The molecule has 0 atom stereocenters. The van der Waals surface area contributed by atoms with E-state index in [1.807, 2.05) is 36.4 Å². The van der Waals surface area contributed by atoms with Gasteiger partial charge in [0.05, 0.1) is 2.74 Å². The van der Waals surface area contributed by atoms with Crippen LogP contribution in [0.15, 0.2) is 60.6 Å². The van der Waals surface area contributed by atoms with Gasteiger partial charge in [-0.1, -0.05) is 72.8 Å². The van der Waals surface area contributed by atoms with Crippen LogP contribution in [0.3, 0.4) is 0 Å². The minimum Gasteiger partial charge on any atom is -0.0622 e. The van der Waals surface area contributed by atoms with Gasteiger partial charge in [-0.05, 0) is 11.1 Å². The molecule has 0 heteroatoms. The number of rotatable bonds is 2. The maximum absolute atomic E-state index is 7.37. The Morgan fingerprint density at radius 1 is 0.714 bits per heavy atom. The van der Waals surface area contributed by atoms with Crippen LogP contribution in [0.5, 0.6) is 0 Å². The molecule has 0 aliphatic heterocycles. The van der Waals surface area contributed by atoms with Gasteiger partial charge in [-0.25, -0.2) is 0 Å². The fraction of sp³-hybridized carbons (Fsp3) is 0. The molecule has 14 heavy (non-hydrogen) atoms. The fourth-order valence-electron chi connectivity index (χ4n) is 1.21. The molecule has 68 valence electrons. The molecule has 0 saturated carbocycles. The van der Waals surface area contributed by atoms with E-state index in [1.54, 1.807) is 24.3 Å². The Kier molecular flexibility index (Phi) is 2.09. The van der Waals surface area contributed by atoms with Gasteiger partial charge in [0.25, 0.3) is 0 Å². The van der Waals surface area contributed by atoms with Crippen molar-refractivity contribution in [3.8, 4) is 0 Å². The van der Waals surface area contributed by atoms with E-state index in [-0.39, 0.29) is 0 Å². The Hall–Kier alpha value is -1.82. The maximum Gasteiger partial charge on any atom is 0.0623 e. The summed E-state index contributed by atoms with van der Waals surface area (Å²) < 4.78 is 14.7. The molecule has 0 amide bonds. The lowest BCUT2D eigenvalue weighted by molar-refractivity contribution is 1.65. The van der Waals surface area contributed by atoms with Crippen LogP contribution in [0.25, 0.3) is 12.2 Å². The molecule has 0 saturated heterocycles. The molecule has 0 N–H and O–H groups in total. The average molecular weight is 182 g/mol. The van der Waals surface area contributed by atoms with Crippen molar-refractivity contribution >= 4 is 12.2 Å². The third-order valence-electron chi connectivity index (χ3n) is 1.96. The SMILES string of the molecule is [2H]c1ccc(/C=C/c2ccc([2H])cc2)cc1. The second-order valence-corrected chi connectivity index (χ2v) is 3.00. The lowest BCUT2D eigenvalue weighted by atomic mass is 10.1. The smallest absolute Gasteiger partial charge is 0.0622 e. The molecule has 0 fully saturated rings. The summed E-state index contributed by atoms with van der Waals surface area (Å²) in [6.45, 7) is 0. The van der Waals surface area contributed by atoms with Gasteiger partial charge in [0, 0.05) is 0 Å². The molecule has 0 nitrogen and oxygen atoms in total. The summed E-state index contributed by atoms with van der Waals surface area (Å²) in [5.74, 6) is 0. The van der Waals surface area contributed by atoms with E-state index in [2.05, 4.69) is 0 Å². The topological polar surface area (TPSA) is 0 Å². The van der Waals surface area contributed by atoms with Crippen molar-refractivity contribution in [2.24, 2.45) is 0 Å². The molecule has 2 aromatic carbocycles. The third kappa shape index (κ3) is 2.33. The van der Waals surface area contributed by atoms with Crippen LogP contribution in [-0.2, 0) is 0 Å². The van der Waals surface area contributed by atoms with Crippen molar-refractivity contribution in [1.29, 1.82) is 0 Å². The average Bonchev–Trinajstić information content (AvgIpc) is 2.30. The lowest BCUT2D eigenvalue weighted by Gasteiger charge is -1.92. The van der Waals surface area contributed by atoms with E-state index in [4.69, 9.17) is 2.74 Å². The van der Waals surface area contributed by atoms with Crippen LogP contribution < -0.4 is 0 Å². The highest BCUT2D eigenvalue weighted by Gasteiger charge is 1.84. The van der Waals surface area contributed by atoms with Crippen LogP contribution in [0.2, 0.25) is 0 Å². The monoisotopic (exact) mass is 182 g/mol. The first kappa shape index (κ1) is 6.61. The van der Waals surface area contributed by atoms with Crippen molar-refractivity contribution in [2.75, 3.05) is 0 Å². The van der Waals surface area contributed by atoms with Crippen molar-refractivity contribution < 1.29 is 2.74 Å². The summed E-state index contributed by atoms with van der Waals surface area (Å²) in [6, 6.07) is 15.8. The Balaban J connectivity index is 2.15. The first-order valence-electron chi connectivity index (χ1n) is 5.55. The third-order valence-corrected chi connectivity index (χ3v) is 1.96. The van der Waals surface area contributed by atoms with Gasteiger partial charge in [-0.3, -0.25) is 0 Å². The summed E-state index contributed by atoms with van der Waals surface area (Å²) in [5.41, 5.74) is 2.15. The first-order chi connectivity index (χ1) is 7.74.